The molecular weight excluding hydrogens is 849 g/mol. The van der Waals surface area contributed by atoms with Crippen molar-refractivity contribution >= 4 is 101 Å². The van der Waals surface area contributed by atoms with Gasteiger partial charge in [-0.3, -0.25) is 0 Å². The van der Waals surface area contributed by atoms with Crippen molar-refractivity contribution in [1.82, 2.24) is 0 Å². The molecule has 0 amide bonds. The maximum atomic E-state index is 2.45. The average molecular weight is 897 g/mol. The second kappa shape index (κ2) is 18.7. The van der Waals surface area contributed by atoms with Gasteiger partial charge in [-0.15, -0.1) is 0 Å². The predicted molar refractivity (Wildman–Crippen MR) is 298 cm³/mol. The Balaban J connectivity index is 1.24. The summed E-state index contributed by atoms with van der Waals surface area (Å²) in [6, 6.07) is 105. The summed E-state index contributed by atoms with van der Waals surface area (Å²) in [5.74, 6) is 0. The Labute approximate surface area is 409 Å². The molecule has 0 aliphatic rings. The number of hydrogen-bond donors (Lipinski definition) is 0. The lowest BCUT2D eigenvalue weighted by molar-refractivity contribution is 1.27. The smallest absolute Gasteiger partial charge is 0.0620 e. The molecule has 4 heteroatoms. The third-order valence-electron chi connectivity index (χ3n) is 13.1. The molecule has 0 spiro atoms. The van der Waals surface area contributed by atoms with Crippen molar-refractivity contribution < 1.29 is 0 Å². The van der Waals surface area contributed by atoms with Crippen LogP contribution in [-0.2, 0) is 0 Å². The number of hydrogen-bond acceptors (Lipinski definition) is 4. The quantitative estimate of drug-likeness (QED) is 0.0895. The topological polar surface area (TPSA) is 13.0 Å². The van der Waals surface area contributed by atoms with Crippen LogP contribution in [0.3, 0.4) is 0 Å². The molecule has 0 fully saturated rings. The maximum Gasteiger partial charge on any atom is 0.0620 e. The van der Waals surface area contributed by atoms with Gasteiger partial charge in [-0.05, 0) is 132 Å². The van der Waals surface area contributed by atoms with Crippen LogP contribution >= 0.6 is 0 Å². The van der Waals surface area contributed by atoms with Crippen molar-refractivity contribution in [2.24, 2.45) is 0 Å². The predicted octanol–water partition coefficient (Wildman–Crippen LogP) is 19.0. The molecule has 0 bridgehead atoms. The van der Waals surface area contributed by atoms with E-state index in [4.69, 9.17) is 0 Å². The van der Waals surface area contributed by atoms with Gasteiger partial charge in [0.2, 0.25) is 0 Å². The van der Waals surface area contributed by atoms with Crippen LogP contribution in [0, 0.1) is 0 Å². The largest absolute Gasteiger partial charge is 0.310 e. The highest BCUT2D eigenvalue weighted by atomic mass is 15.2. The van der Waals surface area contributed by atoms with Gasteiger partial charge in [-0.25, -0.2) is 0 Å². The molecule has 332 valence electrons. The van der Waals surface area contributed by atoms with E-state index >= 15 is 0 Å². The first-order valence-corrected chi connectivity index (χ1v) is 23.8. The minimum absolute atomic E-state index is 1.04. The molecule has 0 radical (unpaired) electrons. The molecule has 4 nitrogen and oxygen atoms in total. The highest BCUT2D eigenvalue weighted by Gasteiger charge is 2.28. The fourth-order valence-corrected chi connectivity index (χ4v) is 9.98. The Hall–Kier alpha value is -9.38. The van der Waals surface area contributed by atoms with Gasteiger partial charge in [0.05, 0.1) is 11.4 Å². The third kappa shape index (κ3) is 7.93. The van der Waals surface area contributed by atoms with Crippen LogP contribution in [0.5, 0.6) is 0 Å². The first kappa shape index (κ1) is 42.0. The molecule has 0 heterocycles. The standard InChI is InChI=1S/C66H48N4/c1-8-26-51(27-9-1)67(52-28-10-2-11-29-52)59-42-44-61-63(47-59)65(69(54-32-14-4-15-33-54)55-34-16-5-17-35-55)62-45-43-60(48-64(62)66(61)70(56-36-18-6-19-37-56)57-38-20-7-21-39-57)68(53-30-12-3-13-31-53)58-41-40-49-24-22-23-25-50(49)46-58/h1-48H. The van der Waals surface area contributed by atoms with E-state index in [1.807, 2.05) is 0 Å². The summed E-state index contributed by atoms with van der Waals surface area (Å²) in [5.41, 5.74) is 12.8. The molecule has 12 rings (SSSR count). The highest BCUT2D eigenvalue weighted by molar-refractivity contribution is 6.24. The van der Waals surface area contributed by atoms with E-state index in [1.54, 1.807) is 0 Å². The minimum atomic E-state index is 1.04. The fourth-order valence-electron chi connectivity index (χ4n) is 9.98. The van der Waals surface area contributed by atoms with Crippen molar-refractivity contribution in [3.8, 4) is 0 Å². The summed E-state index contributed by atoms with van der Waals surface area (Å²) in [6.45, 7) is 0. The summed E-state index contributed by atoms with van der Waals surface area (Å²) in [6.07, 6.45) is 0. The van der Waals surface area contributed by atoms with Crippen LogP contribution in [0.15, 0.2) is 291 Å². The molecule has 0 unspecified atom stereocenters. The average Bonchev–Trinajstić information content (AvgIpc) is 3.44. The van der Waals surface area contributed by atoms with Gasteiger partial charge >= 0.3 is 0 Å². The molecule has 0 N–H and O–H groups in total. The molecule has 0 aliphatic heterocycles. The second-order valence-corrected chi connectivity index (χ2v) is 17.4. The van der Waals surface area contributed by atoms with Crippen molar-refractivity contribution in [2.75, 3.05) is 19.6 Å². The molecule has 70 heavy (non-hydrogen) atoms. The summed E-state index contributed by atoms with van der Waals surface area (Å²) in [5, 5.41) is 6.80. The normalized spacial score (nSPS) is 11.1. The molecule has 0 saturated heterocycles. The van der Waals surface area contributed by atoms with Gasteiger partial charge in [0, 0.05) is 78.4 Å². The molecule has 0 saturated carbocycles. The van der Waals surface area contributed by atoms with Gasteiger partial charge in [-0.2, -0.15) is 0 Å². The summed E-state index contributed by atoms with van der Waals surface area (Å²) >= 11 is 0. The lowest BCUT2D eigenvalue weighted by Gasteiger charge is -2.34. The molecule has 0 aliphatic carbocycles. The van der Waals surface area contributed by atoms with Gasteiger partial charge in [0.15, 0.2) is 0 Å². The van der Waals surface area contributed by atoms with Gasteiger partial charge in [0.1, 0.15) is 0 Å². The third-order valence-corrected chi connectivity index (χ3v) is 13.1. The van der Waals surface area contributed by atoms with Crippen LogP contribution in [0.1, 0.15) is 0 Å². The highest BCUT2D eigenvalue weighted by Crippen LogP contribution is 2.53. The maximum absolute atomic E-state index is 2.45. The van der Waals surface area contributed by atoms with E-state index < -0.39 is 0 Å². The van der Waals surface area contributed by atoms with Crippen molar-refractivity contribution in [3.63, 3.8) is 0 Å². The van der Waals surface area contributed by atoms with Crippen molar-refractivity contribution in [3.05, 3.63) is 291 Å². The Morgan fingerprint density at radius 2 is 0.414 bits per heavy atom. The zero-order valence-electron chi connectivity index (χ0n) is 38.5. The lowest BCUT2D eigenvalue weighted by atomic mass is 9.93. The first-order valence-electron chi connectivity index (χ1n) is 23.8. The van der Waals surface area contributed by atoms with E-state index in [0.29, 0.717) is 0 Å². The van der Waals surface area contributed by atoms with Crippen LogP contribution < -0.4 is 19.6 Å². The number of benzene rings is 12. The number of para-hydroxylation sites is 7. The Kier molecular flexibility index (Phi) is 11.2. The monoisotopic (exact) mass is 896 g/mol. The van der Waals surface area contributed by atoms with E-state index in [2.05, 4.69) is 311 Å². The van der Waals surface area contributed by atoms with Gasteiger partial charge in [0.25, 0.3) is 0 Å². The minimum Gasteiger partial charge on any atom is -0.310 e. The summed E-state index contributed by atoms with van der Waals surface area (Å²) in [7, 11) is 0. The Morgan fingerprint density at radius 3 is 0.757 bits per heavy atom. The van der Waals surface area contributed by atoms with E-state index in [1.165, 1.54) is 10.8 Å². The van der Waals surface area contributed by atoms with Crippen LogP contribution in [0.25, 0.3) is 32.3 Å². The van der Waals surface area contributed by atoms with Crippen LogP contribution in [-0.4, -0.2) is 0 Å². The van der Waals surface area contributed by atoms with Gasteiger partial charge in [-0.1, -0.05) is 170 Å². The molecule has 12 aromatic rings. The van der Waals surface area contributed by atoms with Gasteiger partial charge < -0.3 is 19.6 Å². The summed E-state index contributed by atoms with van der Waals surface area (Å²) < 4.78 is 0. The van der Waals surface area contributed by atoms with E-state index in [-0.39, 0.29) is 0 Å². The Bertz CT molecular complexity index is 3590. The number of anilines is 12. The lowest BCUT2D eigenvalue weighted by Crippen LogP contribution is -2.16. The Morgan fingerprint density at radius 1 is 0.157 bits per heavy atom. The van der Waals surface area contributed by atoms with Crippen LogP contribution in [0.2, 0.25) is 0 Å². The van der Waals surface area contributed by atoms with Crippen molar-refractivity contribution in [2.45, 2.75) is 0 Å². The zero-order chi connectivity index (χ0) is 46.6. The molecule has 12 aromatic carbocycles. The molecular formula is C66H48N4. The number of nitrogens with zero attached hydrogens (tertiary/aromatic N) is 4. The number of rotatable bonds is 12. The van der Waals surface area contributed by atoms with E-state index in [9.17, 15) is 0 Å². The van der Waals surface area contributed by atoms with Crippen molar-refractivity contribution in [1.29, 1.82) is 0 Å². The molecule has 0 atom stereocenters. The number of fused-ring (bicyclic) bond motifs is 3. The fraction of sp³-hybridized carbons (Fsp3) is 0. The second-order valence-electron chi connectivity index (χ2n) is 17.4. The SMILES string of the molecule is c1ccc(N(c2ccccc2)c2ccc3c(N(c4ccccc4)c4ccccc4)c4cc(N(c5ccccc5)c5ccc6ccccc6c5)ccc4c(N(c4ccccc4)c4ccccc4)c3c2)cc1. The van der Waals surface area contributed by atoms with Crippen LogP contribution in [0.4, 0.5) is 68.2 Å². The molecule has 0 aromatic heterocycles. The zero-order valence-corrected chi connectivity index (χ0v) is 38.5. The first-order chi connectivity index (χ1) is 34.8. The van der Waals surface area contributed by atoms with E-state index in [0.717, 1.165) is 89.8 Å². The summed E-state index contributed by atoms with van der Waals surface area (Å²) in [4.78, 5) is 9.64.